The first kappa shape index (κ1) is 13.5. The summed E-state index contributed by atoms with van der Waals surface area (Å²) in [5.74, 6) is 0. The zero-order chi connectivity index (χ0) is 13.9. The SMILES string of the molecule is O=C(NCc1cccc(Cl)c1)N1CCc2sccc2C1. The lowest BCUT2D eigenvalue weighted by molar-refractivity contribution is 0.192. The number of carbonyl (C=O) groups excluding carboxylic acids is 1. The first-order valence-corrected chi connectivity index (χ1v) is 7.80. The summed E-state index contributed by atoms with van der Waals surface area (Å²) in [7, 11) is 0. The van der Waals surface area contributed by atoms with Crippen molar-refractivity contribution in [3.05, 3.63) is 56.7 Å². The van der Waals surface area contributed by atoms with E-state index in [0.717, 1.165) is 18.5 Å². The van der Waals surface area contributed by atoms with Gasteiger partial charge in [0.1, 0.15) is 0 Å². The Hall–Kier alpha value is -1.52. The molecule has 5 heteroatoms. The number of hydrogen-bond acceptors (Lipinski definition) is 2. The fourth-order valence-electron chi connectivity index (χ4n) is 2.36. The Bertz CT molecular complexity index is 626. The number of carbonyl (C=O) groups is 1. The summed E-state index contributed by atoms with van der Waals surface area (Å²) >= 11 is 7.71. The van der Waals surface area contributed by atoms with Crippen LogP contribution in [0.2, 0.25) is 5.02 Å². The minimum atomic E-state index is -0.0122. The Morgan fingerprint density at radius 2 is 2.30 bits per heavy atom. The summed E-state index contributed by atoms with van der Waals surface area (Å²) in [5, 5.41) is 5.74. The third-order valence-electron chi connectivity index (χ3n) is 3.43. The average molecular weight is 307 g/mol. The van der Waals surface area contributed by atoms with Crippen molar-refractivity contribution in [2.45, 2.75) is 19.5 Å². The highest BCUT2D eigenvalue weighted by atomic mass is 35.5. The molecule has 0 atom stereocenters. The van der Waals surface area contributed by atoms with Crippen LogP contribution >= 0.6 is 22.9 Å². The van der Waals surface area contributed by atoms with Gasteiger partial charge in [0.2, 0.25) is 0 Å². The maximum atomic E-state index is 12.2. The largest absolute Gasteiger partial charge is 0.334 e. The fourth-order valence-corrected chi connectivity index (χ4v) is 3.46. The summed E-state index contributed by atoms with van der Waals surface area (Å²) < 4.78 is 0. The van der Waals surface area contributed by atoms with Crippen LogP contribution < -0.4 is 5.32 Å². The van der Waals surface area contributed by atoms with Gasteiger partial charge in [-0.1, -0.05) is 23.7 Å². The van der Waals surface area contributed by atoms with Gasteiger partial charge in [-0.25, -0.2) is 4.79 Å². The monoisotopic (exact) mass is 306 g/mol. The number of thiophene rings is 1. The summed E-state index contributed by atoms with van der Waals surface area (Å²) in [6, 6.07) is 9.64. The van der Waals surface area contributed by atoms with Gasteiger partial charge in [-0.15, -0.1) is 11.3 Å². The number of rotatable bonds is 2. The summed E-state index contributed by atoms with van der Waals surface area (Å²) in [5.41, 5.74) is 2.29. The van der Waals surface area contributed by atoms with Gasteiger partial charge in [-0.2, -0.15) is 0 Å². The molecule has 3 nitrogen and oxygen atoms in total. The molecular weight excluding hydrogens is 292 g/mol. The van der Waals surface area contributed by atoms with E-state index >= 15 is 0 Å². The number of halogens is 1. The van der Waals surface area contributed by atoms with Crippen molar-refractivity contribution >= 4 is 29.0 Å². The Morgan fingerprint density at radius 3 is 3.15 bits per heavy atom. The molecule has 1 aliphatic heterocycles. The van der Waals surface area contributed by atoms with Crippen LogP contribution in [0.15, 0.2) is 35.7 Å². The highest BCUT2D eigenvalue weighted by Crippen LogP contribution is 2.23. The fraction of sp³-hybridized carbons (Fsp3) is 0.267. The highest BCUT2D eigenvalue weighted by Gasteiger charge is 2.20. The van der Waals surface area contributed by atoms with Gasteiger partial charge >= 0.3 is 6.03 Å². The molecule has 0 radical (unpaired) electrons. The summed E-state index contributed by atoms with van der Waals surface area (Å²) in [6.07, 6.45) is 0.956. The molecule has 1 aliphatic rings. The lowest BCUT2D eigenvalue weighted by Gasteiger charge is -2.27. The van der Waals surface area contributed by atoms with Crippen molar-refractivity contribution in [2.24, 2.45) is 0 Å². The number of hydrogen-bond donors (Lipinski definition) is 1. The Kier molecular flexibility index (Phi) is 3.94. The average Bonchev–Trinajstić information content (AvgIpc) is 2.92. The molecule has 0 aliphatic carbocycles. The number of benzene rings is 1. The van der Waals surface area contributed by atoms with E-state index in [1.54, 1.807) is 11.3 Å². The van der Waals surface area contributed by atoms with Gasteiger partial charge in [0.05, 0.1) is 0 Å². The van der Waals surface area contributed by atoms with E-state index in [-0.39, 0.29) is 6.03 Å². The van der Waals surface area contributed by atoms with Crippen LogP contribution in [0.4, 0.5) is 4.79 Å². The molecule has 0 saturated carbocycles. The Labute approximate surface area is 127 Å². The third kappa shape index (κ3) is 2.97. The molecule has 1 aromatic carbocycles. The molecule has 1 aromatic heterocycles. The van der Waals surface area contributed by atoms with Gasteiger partial charge in [0, 0.05) is 29.5 Å². The molecule has 3 rings (SSSR count). The van der Waals surface area contributed by atoms with Gasteiger partial charge in [-0.3, -0.25) is 0 Å². The molecule has 0 bridgehead atoms. The molecule has 0 fully saturated rings. The first-order chi connectivity index (χ1) is 9.72. The van der Waals surface area contributed by atoms with Gasteiger partial charge < -0.3 is 10.2 Å². The molecule has 20 heavy (non-hydrogen) atoms. The molecule has 0 unspecified atom stereocenters. The van der Waals surface area contributed by atoms with E-state index in [0.29, 0.717) is 18.1 Å². The van der Waals surface area contributed by atoms with Crippen LogP contribution in [-0.4, -0.2) is 17.5 Å². The lowest BCUT2D eigenvalue weighted by Crippen LogP contribution is -2.42. The Morgan fingerprint density at radius 1 is 1.40 bits per heavy atom. The normalized spacial score (nSPS) is 13.9. The zero-order valence-electron chi connectivity index (χ0n) is 10.9. The lowest BCUT2D eigenvalue weighted by atomic mass is 10.1. The molecule has 104 valence electrons. The van der Waals surface area contributed by atoms with Gasteiger partial charge in [-0.05, 0) is 41.1 Å². The van der Waals surface area contributed by atoms with E-state index < -0.39 is 0 Å². The number of nitrogens with zero attached hydrogens (tertiary/aromatic N) is 1. The van der Waals surface area contributed by atoms with Crippen LogP contribution in [-0.2, 0) is 19.5 Å². The van der Waals surface area contributed by atoms with Crippen molar-refractivity contribution < 1.29 is 4.79 Å². The van der Waals surface area contributed by atoms with Crippen LogP contribution in [0, 0.1) is 0 Å². The van der Waals surface area contributed by atoms with Crippen LogP contribution in [0.5, 0.6) is 0 Å². The van der Waals surface area contributed by atoms with Crippen LogP contribution in [0.1, 0.15) is 16.0 Å². The molecule has 2 amide bonds. The molecular formula is C15H15ClN2OS. The van der Waals surface area contributed by atoms with E-state index in [2.05, 4.69) is 16.8 Å². The summed E-state index contributed by atoms with van der Waals surface area (Å²) in [6.45, 7) is 2.00. The molecule has 1 N–H and O–H groups in total. The van der Waals surface area contributed by atoms with Crippen LogP contribution in [0.25, 0.3) is 0 Å². The van der Waals surface area contributed by atoms with E-state index in [4.69, 9.17) is 11.6 Å². The van der Waals surface area contributed by atoms with Crippen molar-refractivity contribution in [2.75, 3.05) is 6.54 Å². The van der Waals surface area contributed by atoms with Gasteiger partial charge in [0.15, 0.2) is 0 Å². The molecule has 0 saturated heterocycles. The summed E-state index contributed by atoms with van der Waals surface area (Å²) in [4.78, 5) is 15.4. The minimum absolute atomic E-state index is 0.0122. The zero-order valence-corrected chi connectivity index (χ0v) is 12.5. The first-order valence-electron chi connectivity index (χ1n) is 6.55. The quantitative estimate of drug-likeness (QED) is 0.902. The van der Waals surface area contributed by atoms with Crippen LogP contribution in [0.3, 0.4) is 0 Å². The molecule has 2 heterocycles. The number of amides is 2. The predicted molar refractivity (Wildman–Crippen MR) is 82.1 cm³/mol. The molecule has 2 aromatic rings. The van der Waals surface area contributed by atoms with Crippen molar-refractivity contribution in [3.8, 4) is 0 Å². The maximum absolute atomic E-state index is 12.2. The number of urea groups is 1. The number of fused-ring (bicyclic) bond motifs is 1. The highest BCUT2D eigenvalue weighted by molar-refractivity contribution is 7.10. The Balaban J connectivity index is 1.58. The van der Waals surface area contributed by atoms with E-state index in [9.17, 15) is 4.79 Å². The predicted octanol–water partition coefficient (Wildman–Crippen LogP) is 3.67. The second kappa shape index (κ2) is 5.85. The topological polar surface area (TPSA) is 32.3 Å². The molecule has 0 spiro atoms. The number of nitrogens with one attached hydrogen (secondary N) is 1. The second-order valence-corrected chi connectivity index (χ2v) is 6.27. The standard InChI is InChI=1S/C15H15ClN2OS/c16-13-3-1-2-11(8-13)9-17-15(19)18-6-4-14-12(10-18)5-7-20-14/h1-3,5,7-8H,4,6,9-10H2,(H,17,19). The minimum Gasteiger partial charge on any atom is -0.334 e. The van der Waals surface area contributed by atoms with E-state index in [1.807, 2.05) is 29.2 Å². The van der Waals surface area contributed by atoms with Crippen molar-refractivity contribution in [1.29, 1.82) is 0 Å². The van der Waals surface area contributed by atoms with Crippen molar-refractivity contribution in [1.82, 2.24) is 10.2 Å². The van der Waals surface area contributed by atoms with E-state index in [1.165, 1.54) is 10.4 Å². The maximum Gasteiger partial charge on any atom is 0.317 e. The van der Waals surface area contributed by atoms with Gasteiger partial charge in [0.25, 0.3) is 0 Å². The second-order valence-electron chi connectivity index (χ2n) is 4.83. The smallest absolute Gasteiger partial charge is 0.317 e. The third-order valence-corrected chi connectivity index (χ3v) is 4.69. The van der Waals surface area contributed by atoms with Crippen molar-refractivity contribution in [3.63, 3.8) is 0 Å².